The van der Waals surface area contributed by atoms with Crippen molar-refractivity contribution in [3.8, 4) is 23.1 Å². The summed E-state index contributed by atoms with van der Waals surface area (Å²) in [7, 11) is 1.66. The molecule has 2 N–H and O–H groups in total. The van der Waals surface area contributed by atoms with Crippen molar-refractivity contribution in [3.63, 3.8) is 0 Å². The van der Waals surface area contributed by atoms with Gasteiger partial charge in [-0.25, -0.2) is 4.98 Å². The van der Waals surface area contributed by atoms with E-state index in [4.69, 9.17) is 10.00 Å². The van der Waals surface area contributed by atoms with Gasteiger partial charge in [0.2, 0.25) is 5.88 Å². The fraction of sp³-hybridized carbons (Fsp3) is 0.280. The Hall–Kier alpha value is -3.20. The van der Waals surface area contributed by atoms with E-state index in [0.29, 0.717) is 29.9 Å². The molecule has 0 spiro atoms. The van der Waals surface area contributed by atoms with Crippen LogP contribution in [0.3, 0.4) is 0 Å². The second-order valence-electron chi connectivity index (χ2n) is 7.58. The molecule has 1 aliphatic rings. The molecule has 4 rings (SSSR count). The number of nitrogens with one attached hydrogen (secondary N) is 2. The van der Waals surface area contributed by atoms with Crippen LogP contribution in [0.25, 0.3) is 11.1 Å². The van der Waals surface area contributed by atoms with Crippen LogP contribution in [-0.4, -0.2) is 31.2 Å². The lowest BCUT2D eigenvalue weighted by molar-refractivity contribution is 0.336. The molecule has 0 radical (unpaired) electrons. The first-order valence-electron chi connectivity index (χ1n) is 10.3. The summed E-state index contributed by atoms with van der Waals surface area (Å²) < 4.78 is 5.52. The molecule has 1 fully saturated rings. The molecule has 1 aliphatic heterocycles. The Morgan fingerprint density at radius 1 is 1.13 bits per heavy atom. The lowest BCUT2D eigenvalue weighted by Gasteiger charge is -2.33. The number of hydrogen-bond acceptors (Lipinski definition) is 5. The number of nitrogens with zero attached hydrogens (tertiary/aromatic N) is 2. The number of hydrogen-bond donors (Lipinski definition) is 2. The highest BCUT2D eigenvalue weighted by atomic mass is 16.5. The lowest BCUT2D eigenvalue weighted by atomic mass is 9.87. The Bertz CT molecular complexity index is 1010. The van der Waals surface area contributed by atoms with Gasteiger partial charge in [0.1, 0.15) is 0 Å². The molecule has 0 saturated carbocycles. The van der Waals surface area contributed by atoms with Crippen LogP contribution >= 0.6 is 0 Å². The van der Waals surface area contributed by atoms with Crippen LogP contribution in [-0.2, 0) is 6.54 Å². The molecule has 0 unspecified atom stereocenters. The first-order valence-corrected chi connectivity index (χ1v) is 10.3. The van der Waals surface area contributed by atoms with E-state index in [1.807, 2.05) is 30.5 Å². The fourth-order valence-corrected chi connectivity index (χ4v) is 4.10. The van der Waals surface area contributed by atoms with E-state index < -0.39 is 0 Å². The van der Waals surface area contributed by atoms with Gasteiger partial charge < -0.3 is 15.4 Å². The van der Waals surface area contributed by atoms with Crippen LogP contribution in [0.15, 0.2) is 66.9 Å². The summed E-state index contributed by atoms with van der Waals surface area (Å²) in [4.78, 5) is 4.52. The predicted molar refractivity (Wildman–Crippen MR) is 118 cm³/mol. The lowest BCUT2D eigenvalue weighted by Crippen LogP contribution is -2.45. The van der Waals surface area contributed by atoms with Gasteiger partial charge in [0.15, 0.2) is 0 Å². The summed E-state index contributed by atoms with van der Waals surface area (Å²) in [5.41, 5.74) is 5.10. The molecule has 152 valence electrons. The van der Waals surface area contributed by atoms with Gasteiger partial charge in [0.05, 0.1) is 18.7 Å². The highest BCUT2D eigenvalue weighted by Crippen LogP contribution is 2.27. The molecule has 0 aliphatic carbocycles. The van der Waals surface area contributed by atoms with Crippen LogP contribution in [0.4, 0.5) is 0 Å². The Balaban J connectivity index is 1.53. The number of methoxy groups -OCH3 is 1. The number of piperidine rings is 1. The number of benzene rings is 2. The summed E-state index contributed by atoms with van der Waals surface area (Å²) >= 11 is 0. The highest BCUT2D eigenvalue weighted by molar-refractivity contribution is 5.64. The normalized spacial score (nSPS) is 18.5. The summed E-state index contributed by atoms with van der Waals surface area (Å²) in [5, 5.41) is 16.3. The minimum Gasteiger partial charge on any atom is -0.481 e. The third-order valence-electron chi connectivity index (χ3n) is 5.73. The van der Waals surface area contributed by atoms with Crippen molar-refractivity contribution in [1.82, 2.24) is 15.6 Å². The van der Waals surface area contributed by atoms with Crippen molar-refractivity contribution in [2.45, 2.75) is 24.9 Å². The summed E-state index contributed by atoms with van der Waals surface area (Å²) in [6, 6.07) is 22.9. The topological polar surface area (TPSA) is 70.0 Å². The molecule has 0 amide bonds. The molecule has 1 saturated heterocycles. The fourth-order valence-electron chi connectivity index (χ4n) is 4.10. The molecular formula is C25H26N4O. The predicted octanol–water partition coefficient (Wildman–Crippen LogP) is 3.86. The molecule has 2 atom stereocenters. The van der Waals surface area contributed by atoms with Gasteiger partial charge in [-0.15, -0.1) is 0 Å². The largest absolute Gasteiger partial charge is 0.481 e. The number of nitriles is 1. The zero-order valence-corrected chi connectivity index (χ0v) is 17.1. The third-order valence-corrected chi connectivity index (χ3v) is 5.73. The highest BCUT2D eigenvalue weighted by Gasteiger charge is 2.26. The first-order chi connectivity index (χ1) is 14.8. The van der Waals surface area contributed by atoms with Crippen molar-refractivity contribution in [2.24, 2.45) is 0 Å². The van der Waals surface area contributed by atoms with Crippen LogP contribution in [0.5, 0.6) is 5.88 Å². The summed E-state index contributed by atoms with van der Waals surface area (Å²) in [5.74, 6) is 1.07. The van der Waals surface area contributed by atoms with Crippen LogP contribution in [0.2, 0.25) is 0 Å². The van der Waals surface area contributed by atoms with E-state index >= 15 is 0 Å². The van der Waals surface area contributed by atoms with Gasteiger partial charge in [-0.1, -0.05) is 42.5 Å². The van der Waals surface area contributed by atoms with Crippen LogP contribution in [0, 0.1) is 11.3 Å². The molecule has 0 bridgehead atoms. The maximum atomic E-state index is 9.02. The van der Waals surface area contributed by atoms with Crippen molar-refractivity contribution in [3.05, 3.63) is 83.6 Å². The molecule has 30 heavy (non-hydrogen) atoms. The minimum absolute atomic E-state index is 0.386. The van der Waals surface area contributed by atoms with Gasteiger partial charge in [0.25, 0.3) is 0 Å². The molecule has 2 aromatic carbocycles. The molecule has 2 heterocycles. The van der Waals surface area contributed by atoms with Gasteiger partial charge >= 0.3 is 0 Å². The zero-order chi connectivity index (χ0) is 20.8. The van der Waals surface area contributed by atoms with Crippen LogP contribution < -0.4 is 15.4 Å². The van der Waals surface area contributed by atoms with Gasteiger partial charge in [-0.2, -0.15) is 5.26 Å². The number of pyridine rings is 1. The Morgan fingerprint density at radius 2 is 1.93 bits per heavy atom. The summed E-state index contributed by atoms with van der Waals surface area (Å²) in [6.07, 6.45) is 2.89. The van der Waals surface area contributed by atoms with Crippen molar-refractivity contribution < 1.29 is 4.74 Å². The molecule has 5 nitrogen and oxygen atoms in total. The van der Waals surface area contributed by atoms with Crippen molar-refractivity contribution in [2.75, 3.05) is 20.2 Å². The molecular weight excluding hydrogens is 372 g/mol. The average Bonchev–Trinajstić information content (AvgIpc) is 2.83. The quantitative estimate of drug-likeness (QED) is 0.660. The molecule has 1 aromatic heterocycles. The maximum Gasteiger partial charge on any atom is 0.217 e. The van der Waals surface area contributed by atoms with E-state index in [1.54, 1.807) is 7.11 Å². The van der Waals surface area contributed by atoms with Gasteiger partial charge in [-0.3, -0.25) is 0 Å². The first kappa shape index (κ1) is 20.1. The average molecular weight is 399 g/mol. The second-order valence-corrected chi connectivity index (χ2v) is 7.58. The smallest absolute Gasteiger partial charge is 0.217 e. The monoisotopic (exact) mass is 398 g/mol. The van der Waals surface area contributed by atoms with Crippen LogP contribution in [0.1, 0.15) is 29.0 Å². The van der Waals surface area contributed by atoms with Gasteiger partial charge in [-0.05, 0) is 42.3 Å². The Morgan fingerprint density at radius 3 is 2.67 bits per heavy atom. The Labute approximate surface area is 177 Å². The van der Waals surface area contributed by atoms with E-state index in [0.717, 1.165) is 36.2 Å². The zero-order valence-electron chi connectivity index (χ0n) is 17.1. The van der Waals surface area contributed by atoms with E-state index in [9.17, 15) is 0 Å². The van der Waals surface area contributed by atoms with E-state index in [1.165, 1.54) is 5.56 Å². The number of ether oxygens (including phenoxy) is 1. The standard InChI is InChI=1S/C25H26N4O/c1-30-25-22(13-21(15-29-25)19-9-7-18(14-26)8-10-19)16-28-24-11-12-27-17-23(24)20-5-3-2-4-6-20/h2-10,13,15,23-24,27-28H,11-12,16-17H2,1H3/t23-,24-/m0/s1. The molecule has 5 heteroatoms. The minimum atomic E-state index is 0.386. The number of rotatable bonds is 6. The number of aromatic nitrogens is 1. The Kier molecular flexibility index (Phi) is 6.38. The second kappa shape index (κ2) is 9.53. The third kappa shape index (κ3) is 4.51. The van der Waals surface area contributed by atoms with Crippen molar-refractivity contribution >= 4 is 0 Å². The van der Waals surface area contributed by atoms with Crippen molar-refractivity contribution in [1.29, 1.82) is 5.26 Å². The van der Waals surface area contributed by atoms with Gasteiger partial charge in [0, 0.05) is 42.4 Å². The SMILES string of the molecule is COc1ncc(-c2ccc(C#N)cc2)cc1CN[C@H]1CCNC[C@H]1c1ccccc1. The molecule has 3 aromatic rings. The van der Waals surface area contributed by atoms with E-state index in [-0.39, 0.29) is 0 Å². The van der Waals surface area contributed by atoms with E-state index in [2.05, 4.69) is 58.1 Å². The maximum absolute atomic E-state index is 9.02. The summed E-state index contributed by atoms with van der Waals surface area (Å²) in [6.45, 7) is 2.68.